The van der Waals surface area contributed by atoms with Gasteiger partial charge in [0.05, 0.1) is 23.8 Å². The molecule has 2 aromatic rings. The fraction of sp³-hybridized carbons (Fsp3) is 0.500. The number of sulfone groups is 1. The molecule has 0 aliphatic carbocycles. The molecule has 0 unspecified atom stereocenters. The normalized spacial score (nSPS) is 23.8. The smallest absolute Gasteiger partial charge is 0.229 e. The van der Waals surface area contributed by atoms with E-state index in [2.05, 4.69) is 15.0 Å². The predicted molar refractivity (Wildman–Crippen MR) is 113 cm³/mol. The molecule has 10 nitrogen and oxygen atoms in total. The summed E-state index contributed by atoms with van der Waals surface area (Å²) < 4.78 is 31.7. The number of piperidine rings is 1. The number of hydrogen-bond acceptors (Lipinski definition) is 10. The zero-order valence-electron chi connectivity index (χ0n) is 16.5. The van der Waals surface area contributed by atoms with Crippen LogP contribution in [0.4, 0.5) is 17.5 Å². The number of nitrogens with zero attached hydrogens (tertiary/aromatic N) is 4. The molecule has 162 valence electrons. The minimum atomic E-state index is -4.10. The van der Waals surface area contributed by atoms with Crippen LogP contribution in [0, 0.1) is 5.41 Å². The monoisotopic (exact) mass is 453 g/mol. The molecule has 2 aliphatic rings. The van der Waals surface area contributed by atoms with Gasteiger partial charge in [-0.3, -0.25) is 0 Å². The van der Waals surface area contributed by atoms with E-state index < -0.39 is 9.84 Å². The van der Waals surface area contributed by atoms with Gasteiger partial charge in [0.2, 0.25) is 14.9 Å². The summed E-state index contributed by atoms with van der Waals surface area (Å²) in [6, 6.07) is 1.25. The van der Waals surface area contributed by atoms with E-state index in [1.54, 1.807) is 0 Å². The summed E-state index contributed by atoms with van der Waals surface area (Å²) in [5.41, 5.74) is 17.9. The van der Waals surface area contributed by atoms with Gasteiger partial charge in [-0.05, 0) is 25.8 Å². The van der Waals surface area contributed by atoms with Crippen LogP contribution in [0.5, 0.6) is 0 Å². The molecule has 2 aliphatic heterocycles. The van der Waals surface area contributed by atoms with Crippen molar-refractivity contribution in [3.63, 3.8) is 0 Å². The molecule has 0 amide bonds. The number of nitrogen functional groups attached to an aromatic ring is 2. The van der Waals surface area contributed by atoms with Crippen molar-refractivity contribution in [2.45, 2.75) is 41.8 Å². The topological polar surface area (TPSA) is 163 Å². The van der Waals surface area contributed by atoms with Gasteiger partial charge in [0.1, 0.15) is 16.7 Å². The second-order valence-electron chi connectivity index (χ2n) is 7.82. The second-order valence-corrected chi connectivity index (χ2v) is 10.0. The first-order valence-electron chi connectivity index (χ1n) is 9.55. The first-order chi connectivity index (χ1) is 14.2. The van der Waals surface area contributed by atoms with E-state index in [1.165, 1.54) is 18.5 Å². The van der Waals surface area contributed by atoms with E-state index in [9.17, 15) is 8.42 Å². The highest BCUT2D eigenvalue weighted by Gasteiger charge is 2.47. The van der Waals surface area contributed by atoms with Crippen molar-refractivity contribution in [2.75, 3.05) is 36.1 Å². The van der Waals surface area contributed by atoms with Crippen molar-refractivity contribution in [1.82, 2.24) is 15.0 Å². The number of aromatic nitrogens is 3. The second kappa shape index (κ2) is 7.49. The summed E-state index contributed by atoms with van der Waals surface area (Å²) >= 11 is 6.03. The zero-order chi connectivity index (χ0) is 21.7. The van der Waals surface area contributed by atoms with Crippen molar-refractivity contribution in [2.24, 2.45) is 11.1 Å². The summed E-state index contributed by atoms with van der Waals surface area (Å²) in [5.74, 6) is 0.225. The van der Waals surface area contributed by atoms with Gasteiger partial charge in [0.25, 0.3) is 0 Å². The Kier molecular flexibility index (Phi) is 5.25. The highest BCUT2D eigenvalue weighted by atomic mass is 35.5. The van der Waals surface area contributed by atoms with Crippen LogP contribution < -0.4 is 22.1 Å². The van der Waals surface area contributed by atoms with Gasteiger partial charge in [-0.15, -0.1) is 0 Å². The Labute approximate surface area is 179 Å². The fourth-order valence-electron chi connectivity index (χ4n) is 4.15. The number of ether oxygens (including phenoxy) is 1. The lowest BCUT2D eigenvalue weighted by Crippen LogP contribution is -2.50. The highest BCUT2D eigenvalue weighted by Crippen LogP contribution is 2.42. The third-order valence-electron chi connectivity index (χ3n) is 6.11. The van der Waals surface area contributed by atoms with E-state index in [4.69, 9.17) is 33.5 Å². The van der Waals surface area contributed by atoms with Gasteiger partial charge >= 0.3 is 0 Å². The van der Waals surface area contributed by atoms with Crippen LogP contribution in [-0.4, -0.2) is 55.2 Å². The summed E-state index contributed by atoms with van der Waals surface area (Å²) in [7, 11) is -4.10. The van der Waals surface area contributed by atoms with Gasteiger partial charge in [-0.25, -0.2) is 23.4 Å². The summed E-state index contributed by atoms with van der Waals surface area (Å²) in [6.07, 6.45) is 4.42. The lowest BCUT2D eigenvalue weighted by atomic mass is 9.73. The molecule has 4 rings (SSSR count). The van der Waals surface area contributed by atoms with Crippen LogP contribution >= 0.6 is 11.6 Å². The predicted octanol–water partition coefficient (Wildman–Crippen LogP) is 0.855. The van der Waals surface area contributed by atoms with Crippen LogP contribution in [-0.2, 0) is 14.6 Å². The summed E-state index contributed by atoms with van der Waals surface area (Å²) in [6.45, 7) is 4.07. The minimum absolute atomic E-state index is 0.000805. The number of hydrogen-bond donors (Lipinski definition) is 3. The average Bonchev–Trinajstić information content (AvgIpc) is 2.99. The molecule has 0 saturated carbocycles. The van der Waals surface area contributed by atoms with Crippen molar-refractivity contribution >= 4 is 38.9 Å². The van der Waals surface area contributed by atoms with Gasteiger partial charge in [-0.2, -0.15) is 0 Å². The largest absolute Gasteiger partial charge is 0.382 e. The van der Waals surface area contributed by atoms with E-state index >= 15 is 0 Å². The summed E-state index contributed by atoms with van der Waals surface area (Å²) in [4.78, 5) is 14.0. The molecule has 12 heteroatoms. The molecular weight excluding hydrogens is 430 g/mol. The molecule has 0 bridgehead atoms. The Morgan fingerprint density at radius 3 is 2.53 bits per heavy atom. The number of halogens is 1. The van der Waals surface area contributed by atoms with Crippen molar-refractivity contribution in [3.05, 3.63) is 23.5 Å². The molecule has 0 aromatic carbocycles. The van der Waals surface area contributed by atoms with Crippen LogP contribution in [0.2, 0.25) is 5.02 Å². The lowest BCUT2D eigenvalue weighted by Gasteiger charge is -2.41. The average molecular weight is 454 g/mol. The molecule has 2 aromatic heterocycles. The zero-order valence-corrected chi connectivity index (χ0v) is 18.0. The molecule has 0 radical (unpaired) electrons. The molecule has 2 atom stereocenters. The van der Waals surface area contributed by atoms with Gasteiger partial charge < -0.3 is 26.8 Å². The first kappa shape index (κ1) is 21.0. The van der Waals surface area contributed by atoms with Crippen molar-refractivity contribution < 1.29 is 13.2 Å². The minimum Gasteiger partial charge on any atom is -0.382 e. The SMILES string of the molecule is C[C@@H]1OCC2(CCN(c3cnc(S(=O)(=O)c4ccnc(N)c4Cl)c(N)n3)CC2)[C@@H]1N. The Morgan fingerprint density at radius 2 is 1.93 bits per heavy atom. The van der Waals surface area contributed by atoms with Crippen molar-refractivity contribution in [3.8, 4) is 0 Å². The van der Waals surface area contributed by atoms with Gasteiger partial charge in [-0.1, -0.05) is 11.6 Å². The highest BCUT2D eigenvalue weighted by molar-refractivity contribution is 7.91. The first-order valence-corrected chi connectivity index (χ1v) is 11.4. The third-order valence-corrected chi connectivity index (χ3v) is 8.36. The number of rotatable bonds is 3. The number of pyridine rings is 1. The lowest BCUT2D eigenvalue weighted by molar-refractivity contribution is 0.0974. The maximum atomic E-state index is 13.0. The van der Waals surface area contributed by atoms with Crippen LogP contribution in [0.25, 0.3) is 0 Å². The number of nitrogens with two attached hydrogens (primary N) is 3. The van der Waals surface area contributed by atoms with Crippen LogP contribution in [0.3, 0.4) is 0 Å². The standard InChI is InChI=1S/C18H24ClN7O3S/c1-10-14(20)18(9-29-10)3-6-26(7-4-18)12-8-24-17(16(22)25-12)30(27,28)11-2-5-23-15(21)13(11)19/h2,5,8,10,14H,3-4,6-7,9,20H2,1H3,(H2,21,23)(H2,22,25)/t10-,14+/m0/s1. The van der Waals surface area contributed by atoms with E-state index in [-0.39, 0.29) is 44.1 Å². The molecule has 4 heterocycles. The number of anilines is 3. The van der Waals surface area contributed by atoms with Crippen molar-refractivity contribution in [1.29, 1.82) is 0 Å². The Balaban J connectivity index is 1.57. The third kappa shape index (κ3) is 3.35. The Morgan fingerprint density at radius 1 is 1.23 bits per heavy atom. The van der Waals surface area contributed by atoms with Crippen LogP contribution in [0.1, 0.15) is 19.8 Å². The molecule has 2 saturated heterocycles. The Hall–Kier alpha value is -2.21. The Bertz CT molecular complexity index is 1070. The maximum absolute atomic E-state index is 13.0. The van der Waals surface area contributed by atoms with E-state index in [1.807, 2.05) is 11.8 Å². The van der Waals surface area contributed by atoms with Gasteiger partial charge in [0.15, 0.2) is 5.82 Å². The summed E-state index contributed by atoms with van der Waals surface area (Å²) in [5, 5.41) is -0.541. The van der Waals surface area contributed by atoms with E-state index in [0.29, 0.717) is 25.5 Å². The molecular formula is C18H24ClN7O3S. The molecule has 6 N–H and O–H groups in total. The molecule has 1 spiro atoms. The quantitative estimate of drug-likeness (QED) is 0.606. The molecule has 2 fully saturated rings. The van der Waals surface area contributed by atoms with Crippen LogP contribution in [0.15, 0.2) is 28.4 Å². The fourth-order valence-corrected chi connectivity index (χ4v) is 5.87. The van der Waals surface area contributed by atoms with Gasteiger partial charge in [0, 0.05) is 30.7 Å². The van der Waals surface area contributed by atoms with E-state index in [0.717, 1.165) is 12.8 Å². The maximum Gasteiger partial charge on any atom is 0.229 e. The molecule has 30 heavy (non-hydrogen) atoms.